The van der Waals surface area contributed by atoms with Gasteiger partial charge in [0, 0.05) is 5.56 Å². The van der Waals surface area contributed by atoms with Gasteiger partial charge in [-0.25, -0.2) is 17.6 Å². The summed E-state index contributed by atoms with van der Waals surface area (Å²) in [6.45, 7) is 2.09. The third-order valence-corrected chi connectivity index (χ3v) is 5.86. The van der Waals surface area contributed by atoms with Crippen LogP contribution in [-0.4, -0.2) is 0 Å². The molecular weight excluding hydrogens is 436 g/mol. The smallest absolute Gasteiger partial charge is 0.142 e. The van der Waals surface area contributed by atoms with E-state index in [-0.39, 0.29) is 17.2 Å². The van der Waals surface area contributed by atoms with Crippen LogP contribution in [-0.2, 0) is 19.3 Å². The highest BCUT2D eigenvalue weighted by atomic mass is 19.1. The molecule has 4 aromatic rings. The molecular formula is C30H24F4. The first-order valence-corrected chi connectivity index (χ1v) is 11.4. The second-order valence-electron chi connectivity index (χ2n) is 8.42. The lowest BCUT2D eigenvalue weighted by molar-refractivity contribution is 0.572. The van der Waals surface area contributed by atoms with E-state index in [9.17, 15) is 17.6 Å². The van der Waals surface area contributed by atoms with Crippen molar-refractivity contribution in [3.05, 3.63) is 118 Å². The zero-order chi connectivity index (χ0) is 24.1. The predicted octanol–water partition coefficient (Wildman–Crippen LogP) is 7.92. The van der Waals surface area contributed by atoms with Crippen LogP contribution in [0, 0.1) is 35.1 Å². The van der Waals surface area contributed by atoms with Crippen molar-refractivity contribution in [1.82, 2.24) is 0 Å². The number of fused-ring (bicyclic) bond motifs is 1. The van der Waals surface area contributed by atoms with Crippen molar-refractivity contribution >= 4 is 10.8 Å². The SMILES string of the molecule is CCCCc1ccc(CCc2cc(F)c(C#Cc3ccc4cc(F)ccc4c3)c(F)c2)c(F)c1. The lowest BCUT2D eigenvalue weighted by Gasteiger charge is -2.08. The molecule has 34 heavy (non-hydrogen) atoms. The topological polar surface area (TPSA) is 0 Å². The maximum Gasteiger partial charge on any atom is 0.142 e. The summed E-state index contributed by atoms with van der Waals surface area (Å²) in [6.07, 6.45) is 3.55. The van der Waals surface area contributed by atoms with Gasteiger partial charge in [-0.3, -0.25) is 0 Å². The van der Waals surface area contributed by atoms with Crippen molar-refractivity contribution in [1.29, 1.82) is 0 Å². The summed E-state index contributed by atoms with van der Waals surface area (Å²) in [4.78, 5) is 0. The Labute approximate surface area is 197 Å². The van der Waals surface area contributed by atoms with Gasteiger partial charge in [0.25, 0.3) is 0 Å². The van der Waals surface area contributed by atoms with Crippen molar-refractivity contribution < 1.29 is 17.6 Å². The summed E-state index contributed by atoms with van der Waals surface area (Å²) in [6, 6.07) is 17.3. The van der Waals surface area contributed by atoms with E-state index in [2.05, 4.69) is 18.8 Å². The molecule has 0 heterocycles. The summed E-state index contributed by atoms with van der Waals surface area (Å²) in [7, 11) is 0. The molecule has 0 amide bonds. The summed E-state index contributed by atoms with van der Waals surface area (Å²) in [5.74, 6) is 3.24. The second kappa shape index (κ2) is 10.6. The molecule has 0 aliphatic heterocycles. The van der Waals surface area contributed by atoms with Gasteiger partial charge in [-0.05, 0) is 95.6 Å². The monoisotopic (exact) mass is 460 g/mol. The Balaban J connectivity index is 1.48. The largest absolute Gasteiger partial charge is 0.207 e. The van der Waals surface area contributed by atoms with Crippen molar-refractivity contribution in [2.24, 2.45) is 0 Å². The first-order valence-electron chi connectivity index (χ1n) is 11.4. The average Bonchev–Trinajstić information content (AvgIpc) is 2.81. The van der Waals surface area contributed by atoms with Crippen molar-refractivity contribution in [2.45, 2.75) is 39.0 Å². The van der Waals surface area contributed by atoms with Gasteiger partial charge in [0.15, 0.2) is 0 Å². The van der Waals surface area contributed by atoms with Crippen LogP contribution in [0.15, 0.2) is 66.7 Å². The molecule has 0 atom stereocenters. The molecule has 0 saturated carbocycles. The highest BCUT2D eigenvalue weighted by Gasteiger charge is 2.11. The molecule has 0 bridgehead atoms. The minimum absolute atomic E-state index is 0.282. The van der Waals surface area contributed by atoms with Crippen LogP contribution in [0.2, 0.25) is 0 Å². The first kappa shape index (κ1) is 23.6. The number of hydrogen-bond donors (Lipinski definition) is 0. The normalized spacial score (nSPS) is 10.9. The Morgan fingerprint density at radius 3 is 2.06 bits per heavy atom. The average molecular weight is 461 g/mol. The van der Waals surface area contributed by atoms with E-state index in [4.69, 9.17) is 0 Å². The van der Waals surface area contributed by atoms with Crippen molar-refractivity contribution in [3.8, 4) is 11.8 Å². The van der Waals surface area contributed by atoms with Gasteiger partial charge in [-0.2, -0.15) is 0 Å². The van der Waals surface area contributed by atoms with Gasteiger partial charge < -0.3 is 0 Å². The number of unbranched alkanes of at least 4 members (excludes halogenated alkanes) is 1. The van der Waals surface area contributed by atoms with Crippen LogP contribution >= 0.6 is 0 Å². The van der Waals surface area contributed by atoms with Gasteiger partial charge in [0.1, 0.15) is 23.3 Å². The highest BCUT2D eigenvalue weighted by molar-refractivity contribution is 5.84. The fourth-order valence-corrected chi connectivity index (χ4v) is 3.93. The van der Waals surface area contributed by atoms with Gasteiger partial charge in [0.2, 0.25) is 0 Å². The van der Waals surface area contributed by atoms with Crippen LogP contribution < -0.4 is 0 Å². The third-order valence-electron chi connectivity index (χ3n) is 5.86. The quantitative estimate of drug-likeness (QED) is 0.202. The number of aryl methyl sites for hydroxylation is 3. The molecule has 0 radical (unpaired) electrons. The van der Waals surface area contributed by atoms with Crippen LogP contribution in [0.3, 0.4) is 0 Å². The number of halogens is 4. The molecule has 4 aromatic carbocycles. The van der Waals surface area contributed by atoms with E-state index < -0.39 is 11.6 Å². The molecule has 0 aromatic heterocycles. The first-order chi connectivity index (χ1) is 16.4. The lowest BCUT2D eigenvalue weighted by atomic mass is 9.99. The standard InChI is InChI=1S/C30H24F4/c1-2-3-4-20-5-9-23(28(32)16-20)10-7-22-17-29(33)27(30(34)18-22)14-8-21-6-11-25-19-26(31)13-12-24(25)15-21/h5-6,9,11-13,15-19H,2-4,7,10H2,1H3. The Morgan fingerprint density at radius 2 is 1.32 bits per heavy atom. The summed E-state index contributed by atoms with van der Waals surface area (Å²) < 4.78 is 57.0. The fraction of sp³-hybridized carbons (Fsp3) is 0.200. The third kappa shape index (κ3) is 5.66. The maximum atomic E-state index is 14.6. The van der Waals surface area contributed by atoms with E-state index in [0.717, 1.165) is 35.6 Å². The van der Waals surface area contributed by atoms with Crippen LogP contribution in [0.5, 0.6) is 0 Å². The fourth-order valence-electron chi connectivity index (χ4n) is 3.93. The molecule has 0 aliphatic carbocycles. The van der Waals surface area contributed by atoms with E-state index in [1.807, 2.05) is 6.07 Å². The Hall–Kier alpha value is -3.58. The van der Waals surface area contributed by atoms with E-state index in [1.54, 1.807) is 36.4 Å². The molecule has 0 fully saturated rings. The van der Waals surface area contributed by atoms with Crippen molar-refractivity contribution in [2.75, 3.05) is 0 Å². The Bertz CT molecular complexity index is 1370. The van der Waals surface area contributed by atoms with Gasteiger partial charge >= 0.3 is 0 Å². The van der Waals surface area contributed by atoms with Crippen molar-refractivity contribution in [3.63, 3.8) is 0 Å². The lowest BCUT2D eigenvalue weighted by Crippen LogP contribution is -2.00. The van der Waals surface area contributed by atoms with Crippen LogP contribution in [0.25, 0.3) is 10.8 Å². The molecule has 0 spiro atoms. The van der Waals surface area contributed by atoms with E-state index >= 15 is 0 Å². The van der Waals surface area contributed by atoms with Gasteiger partial charge in [0.05, 0.1) is 5.56 Å². The van der Waals surface area contributed by atoms with Crippen LogP contribution in [0.4, 0.5) is 17.6 Å². The summed E-state index contributed by atoms with van der Waals surface area (Å²) in [5, 5.41) is 1.51. The highest BCUT2D eigenvalue weighted by Crippen LogP contribution is 2.20. The molecule has 0 unspecified atom stereocenters. The number of rotatable bonds is 6. The summed E-state index contributed by atoms with van der Waals surface area (Å²) >= 11 is 0. The molecule has 4 heteroatoms. The van der Waals surface area contributed by atoms with Crippen LogP contribution in [0.1, 0.15) is 47.6 Å². The minimum atomic E-state index is -0.749. The molecule has 0 saturated heterocycles. The molecule has 0 nitrogen and oxygen atoms in total. The zero-order valence-corrected chi connectivity index (χ0v) is 18.9. The maximum absolute atomic E-state index is 14.6. The molecule has 0 aliphatic rings. The number of hydrogen-bond acceptors (Lipinski definition) is 0. The molecule has 0 N–H and O–H groups in total. The summed E-state index contributed by atoms with van der Waals surface area (Å²) in [5.41, 5.74) is 2.19. The minimum Gasteiger partial charge on any atom is -0.207 e. The zero-order valence-electron chi connectivity index (χ0n) is 18.9. The Kier molecular flexibility index (Phi) is 7.33. The second-order valence-corrected chi connectivity index (χ2v) is 8.42. The number of benzene rings is 4. The van der Waals surface area contributed by atoms with E-state index in [1.165, 1.54) is 24.3 Å². The Morgan fingerprint density at radius 1 is 0.618 bits per heavy atom. The van der Waals surface area contributed by atoms with E-state index in [0.29, 0.717) is 29.5 Å². The van der Waals surface area contributed by atoms with Gasteiger partial charge in [-0.1, -0.05) is 49.5 Å². The molecule has 172 valence electrons. The van der Waals surface area contributed by atoms with Gasteiger partial charge in [-0.15, -0.1) is 0 Å². The molecule has 4 rings (SSSR count). The predicted molar refractivity (Wildman–Crippen MR) is 129 cm³/mol.